The Morgan fingerprint density at radius 3 is 2.25 bits per heavy atom. The van der Waals surface area contributed by atoms with E-state index in [-0.39, 0.29) is 24.1 Å². The zero-order valence-electron chi connectivity index (χ0n) is 12.9. The molecule has 1 atom stereocenters. The van der Waals surface area contributed by atoms with Crippen molar-refractivity contribution < 1.29 is 9.90 Å². The smallest absolute Gasteiger partial charge is 0.315 e. The zero-order valence-corrected chi connectivity index (χ0v) is 12.9. The Morgan fingerprint density at radius 1 is 1.20 bits per heavy atom. The van der Waals surface area contributed by atoms with Crippen molar-refractivity contribution >= 4 is 6.03 Å². The van der Waals surface area contributed by atoms with E-state index < -0.39 is 0 Å². The number of hydrogen-bond acceptors (Lipinski definition) is 2. The van der Waals surface area contributed by atoms with E-state index in [0.717, 1.165) is 17.5 Å². The first-order chi connectivity index (χ1) is 9.32. The third-order valence-electron chi connectivity index (χ3n) is 3.55. The molecule has 20 heavy (non-hydrogen) atoms. The molecule has 3 N–H and O–H groups in total. The lowest BCUT2D eigenvalue weighted by atomic mass is 9.88. The fourth-order valence-corrected chi connectivity index (χ4v) is 1.60. The molecule has 0 bridgehead atoms. The van der Waals surface area contributed by atoms with Gasteiger partial charge in [-0.05, 0) is 29.9 Å². The van der Waals surface area contributed by atoms with Gasteiger partial charge in [0.05, 0.1) is 6.61 Å². The van der Waals surface area contributed by atoms with Gasteiger partial charge in [0, 0.05) is 12.6 Å². The number of carbonyl (C=O) groups is 1. The van der Waals surface area contributed by atoms with Crippen LogP contribution in [0, 0.1) is 5.41 Å². The fraction of sp³-hybridized carbons (Fsp3) is 0.562. The van der Waals surface area contributed by atoms with E-state index in [9.17, 15) is 4.79 Å². The van der Waals surface area contributed by atoms with Gasteiger partial charge in [-0.25, -0.2) is 4.79 Å². The van der Waals surface area contributed by atoms with Gasteiger partial charge in [0.2, 0.25) is 0 Å². The van der Waals surface area contributed by atoms with E-state index in [0.29, 0.717) is 6.54 Å². The number of carbonyl (C=O) groups excluding carboxylic acids is 1. The molecular weight excluding hydrogens is 252 g/mol. The van der Waals surface area contributed by atoms with Crippen molar-refractivity contribution in [1.29, 1.82) is 0 Å². The summed E-state index contributed by atoms with van der Waals surface area (Å²) in [4.78, 5) is 11.7. The lowest BCUT2D eigenvalue weighted by Gasteiger charge is -2.28. The van der Waals surface area contributed by atoms with Gasteiger partial charge >= 0.3 is 6.03 Å². The molecule has 0 spiro atoms. The molecule has 0 aliphatic rings. The van der Waals surface area contributed by atoms with Gasteiger partial charge in [-0.1, -0.05) is 45.0 Å². The Morgan fingerprint density at radius 2 is 1.75 bits per heavy atom. The summed E-state index contributed by atoms with van der Waals surface area (Å²) in [5.74, 6) is 0. The molecule has 0 saturated carbocycles. The summed E-state index contributed by atoms with van der Waals surface area (Å²) in [6.45, 7) is 8.96. The van der Waals surface area contributed by atoms with Gasteiger partial charge in [0.15, 0.2) is 0 Å². The number of urea groups is 1. The molecule has 1 rings (SSSR count). The number of aliphatic hydroxyl groups excluding tert-OH is 1. The summed E-state index contributed by atoms with van der Waals surface area (Å²) in [6.07, 6.45) is 0.781. The molecule has 1 unspecified atom stereocenters. The van der Waals surface area contributed by atoms with Crippen LogP contribution in [0.5, 0.6) is 0 Å². The monoisotopic (exact) mass is 278 g/mol. The highest BCUT2D eigenvalue weighted by Gasteiger charge is 2.21. The first kappa shape index (κ1) is 16.5. The first-order valence-electron chi connectivity index (χ1n) is 7.06. The molecule has 4 heteroatoms. The van der Waals surface area contributed by atoms with Crippen LogP contribution < -0.4 is 10.6 Å². The second kappa shape index (κ2) is 7.29. The van der Waals surface area contributed by atoms with Crippen molar-refractivity contribution in [3.05, 3.63) is 35.4 Å². The summed E-state index contributed by atoms with van der Waals surface area (Å²) in [5, 5.41) is 14.8. The van der Waals surface area contributed by atoms with Crippen LogP contribution in [0.4, 0.5) is 4.79 Å². The largest absolute Gasteiger partial charge is 0.392 e. The molecule has 1 aromatic carbocycles. The second-order valence-electron chi connectivity index (χ2n) is 6.21. The fourth-order valence-electron chi connectivity index (χ4n) is 1.60. The molecule has 1 aromatic rings. The van der Waals surface area contributed by atoms with Gasteiger partial charge in [0.25, 0.3) is 0 Å². The maximum atomic E-state index is 11.7. The van der Waals surface area contributed by atoms with Gasteiger partial charge < -0.3 is 15.7 Å². The topological polar surface area (TPSA) is 61.4 Å². The van der Waals surface area contributed by atoms with Crippen LogP contribution in [-0.4, -0.2) is 23.7 Å². The van der Waals surface area contributed by atoms with Crippen LogP contribution >= 0.6 is 0 Å². The molecule has 0 aromatic heterocycles. The summed E-state index contributed by atoms with van der Waals surface area (Å²) < 4.78 is 0. The summed E-state index contributed by atoms with van der Waals surface area (Å²) in [7, 11) is 0. The second-order valence-corrected chi connectivity index (χ2v) is 6.21. The minimum Gasteiger partial charge on any atom is -0.392 e. The van der Waals surface area contributed by atoms with E-state index in [4.69, 9.17) is 5.11 Å². The van der Waals surface area contributed by atoms with Crippen molar-refractivity contribution in [1.82, 2.24) is 10.6 Å². The SMILES string of the molecule is CC(NC(=O)NCCc1ccc(CO)cc1)C(C)(C)C. The van der Waals surface area contributed by atoms with Gasteiger partial charge in [-0.15, -0.1) is 0 Å². The summed E-state index contributed by atoms with van der Waals surface area (Å²) in [5.41, 5.74) is 2.10. The Kier molecular flexibility index (Phi) is 6.02. The van der Waals surface area contributed by atoms with Gasteiger partial charge in [-0.3, -0.25) is 0 Å². The van der Waals surface area contributed by atoms with E-state index in [2.05, 4.69) is 31.4 Å². The van der Waals surface area contributed by atoms with E-state index in [1.165, 1.54) is 0 Å². The number of aliphatic hydroxyl groups is 1. The molecule has 0 aliphatic heterocycles. The highest BCUT2D eigenvalue weighted by atomic mass is 16.3. The predicted octanol–water partition coefficient (Wildman–Crippen LogP) is 2.46. The number of amides is 2. The molecule has 0 radical (unpaired) electrons. The highest BCUT2D eigenvalue weighted by Crippen LogP contribution is 2.18. The normalized spacial score (nSPS) is 12.8. The number of hydrogen-bond donors (Lipinski definition) is 3. The Bertz CT molecular complexity index is 421. The third-order valence-corrected chi connectivity index (χ3v) is 3.55. The average molecular weight is 278 g/mol. The van der Waals surface area contributed by atoms with Gasteiger partial charge in [0.1, 0.15) is 0 Å². The number of rotatable bonds is 5. The number of nitrogens with one attached hydrogen (secondary N) is 2. The first-order valence-corrected chi connectivity index (χ1v) is 7.06. The maximum absolute atomic E-state index is 11.7. The van der Waals surface area contributed by atoms with Crippen molar-refractivity contribution in [3.8, 4) is 0 Å². The molecular formula is C16H26N2O2. The summed E-state index contributed by atoms with van der Waals surface area (Å²) >= 11 is 0. The maximum Gasteiger partial charge on any atom is 0.315 e. The minimum atomic E-state index is -0.126. The van der Waals surface area contributed by atoms with Crippen molar-refractivity contribution in [2.45, 2.75) is 46.8 Å². The summed E-state index contributed by atoms with van der Waals surface area (Å²) in [6, 6.07) is 7.74. The van der Waals surface area contributed by atoms with Crippen LogP contribution in [0.25, 0.3) is 0 Å². The molecule has 0 saturated heterocycles. The lowest BCUT2D eigenvalue weighted by Crippen LogP contribution is -2.46. The van der Waals surface area contributed by atoms with Crippen LogP contribution in [0.1, 0.15) is 38.8 Å². The quantitative estimate of drug-likeness (QED) is 0.775. The Labute approximate surface area is 121 Å². The third kappa shape index (κ3) is 5.61. The lowest BCUT2D eigenvalue weighted by molar-refractivity contribution is 0.222. The van der Waals surface area contributed by atoms with Gasteiger partial charge in [-0.2, -0.15) is 0 Å². The molecule has 0 aliphatic carbocycles. The molecule has 4 nitrogen and oxygen atoms in total. The van der Waals surface area contributed by atoms with E-state index in [1.807, 2.05) is 31.2 Å². The highest BCUT2D eigenvalue weighted by molar-refractivity contribution is 5.74. The standard InChI is InChI=1S/C16H26N2O2/c1-12(16(2,3)4)18-15(20)17-10-9-13-5-7-14(11-19)8-6-13/h5-8,12,19H,9-11H2,1-4H3,(H2,17,18,20). The van der Waals surface area contributed by atoms with Crippen molar-refractivity contribution in [2.24, 2.45) is 5.41 Å². The Hall–Kier alpha value is -1.55. The van der Waals surface area contributed by atoms with Crippen LogP contribution in [-0.2, 0) is 13.0 Å². The molecule has 0 heterocycles. The average Bonchev–Trinajstić information content (AvgIpc) is 2.38. The number of benzene rings is 1. The zero-order chi connectivity index (χ0) is 15.2. The van der Waals surface area contributed by atoms with Crippen molar-refractivity contribution in [3.63, 3.8) is 0 Å². The molecule has 112 valence electrons. The van der Waals surface area contributed by atoms with Crippen LogP contribution in [0.3, 0.4) is 0 Å². The molecule has 0 fully saturated rings. The van der Waals surface area contributed by atoms with Crippen LogP contribution in [0.2, 0.25) is 0 Å². The van der Waals surface area contributed by atoms with Crippen molar-refractivity contribution in [2.75, 3.05) is 6.54 Å². The molecule has 2 amide bonds. The Balaban J connectivity index is 2.31. The van der Waals surface area contributed by atoms with E-state index >= 15 is 0 Å². The minimum absolute atomic E-state index is 0.0530. The predicted molar refractivity (Wildman–Crippen MR) is 81.5 cm³/mol. The van der Waals surface area contributed by atoms with Crippen LogP contribution in [0.15, 0.2) is 24.3 Å². The van der Waals surface area contributed by atoms with E-state index in [1.54, 1.807) is 0 Å².